The fourth-order valence-corrected chi connectivity index (χ4v) is 3.01. The summed E-state index contributed by atoms with van der Waals surface area (Å²) in [7, 11) is 0. The van der Waals surface area contributed by atoms with E-state index in [1.165, 1.54) is 19.3 Å². The van der Waals surface area contributed by atoms with E-state index in [4.69, 9.17) is 16.3 Å². The SMILES string of the molecule is CCCCCCOc1cc(CBr)c(Cl)cc1CBr. The van der Waals surface area contributed by atoms with Gasteiger partial charge in [0.05, 0.1) is 6.61 Å². The van der Waals surface area contributed by atoms with E-state index in [0.717, 1.165) is 45.6 Å². The maximum atomic E-state index is 6.18. The predicted octanol–water partition coefficient (Wildman–Crippen LogP) is 6.09. The summed E-state index contributed by atoms with van der Waals surface area (Å²) < 4.78 is 5.86. The Morgan fingerprint density at radius 1 is 1.06 bits per heavy atom. The molecule has 0 N–H and O–H groups in total. The molecule has 102 valence electrons. The molecule has 0 amide bonds. The molecule has 1 aromatic carbocycles. The summed E-state index contributed by atoms with van der Waals surface area (Å²) in [6.07, 6.45) is 4.88. The molecule has 1 nitrogen and oxygen atoms in total. The Labute approximate surface area is 132 Å². The van der Waals surface area contributed by atoms with Gasteiger partial charge >= 0.3 is 0 Å². The van der Waals surface area contributed by atoms with Gasteiger partial charge < -0.3 is 4.74 Å². The molecule has 1 rings (SSSR count). The van der Waals surface area contributed by atoms with Crippen LogP contribution in [0.15, 0.2) is 12.1 Å². The summed E-state index contributed by atoms with van der Waals surface area (Å²) in [5, 5.41) is 2.31. The van der Waals surface area contributed by atoms with E-state index in [1.807, 2.05) is 12.1 Å². The number of unbranched alkanes of at least 4 members (excludes halogenated alkanes) is 3. The molecule has 0 aliphatic heterocycles. The molecule has 1 aromatic rings. The molecule has 4 heteroatoms. The summed E-state index contributed by atoms with van der Waals surface area (Å²) in [6.45, 7) is 2.99. The van der Waals surface area contributed by atoms with Gasteiger partial charge in [0.15, 0.2) is 0 Å². The number of benzene rings is 1. The molecule has 0 fully saturated rings. The van der Waals surface area contributed by atoms with Crippen molar-refractivity contribution in [2.45, 2.75) is 43.3 Å². The van der Waals surface area contributed by atoms with Crippen LogP contribution in [0.1, 0.15) is 43.7 Å². The third-order valence-corrected chi connectivity index (χ3v) is 4.33. The van der Waals surface area contributed by atoms with Crippen LogP contribution in [0.2, 0.25) is 5.02 Å². The van der Waals surface area contributed by atoms with Gasteiger partial charge in [-0.25, -0.2) is 0 Å². The van der Waals surface area contributed by atoms with E-state index in [1.54, 1.807) is 0 Å². The maximum Gasteiger partial charge on any atom is 0.123 e. The van der Waals surface area contributed by atoms with Crippen LogP contribution in [-0.2, 0) is 10.7 Å². The molecule has 0 aliphatic carbocycles. The fourth-order valence-electron chi connectivity index (χ4n) is 1.69. The number of rotatable bonds is 8. The number of halogens is 3. The van der Waals surface area contributed by atoms with Gasteiger partial charge in [0.25, 0.3) is 0 Å². The second-order valence-corrected chi connectivity index (χ2v) is 5.76. The number of hydrogen-bond donors (Lipinski definition) is 0. The Hall–Kier alpha value is 0.270. The lowest BCUT2D eigenvalue weighted by Gasteiger charge is -2.12. The smallest absolute Gasteiger partial charge is 0.123 e. The van der Waals surface area contributed by atoms with Crippen molar-refractivity contribution in [3.05, 3.63) is 28.3 Å². The molecular formula is C14H19Br2ClO. The van der Waals surface area contributed by atoms with Crippen LogP contribution in [-0.4, -0.2) is 6.61 Å². The monoisotopic (exact) mass is 396 g/mol. The highest BCUT2D eigenvalue weighted by molar-refractivity contribution is 9.08. The first-order chi connectivity index (χ1) is 8.72. The van der Waals surface area contributed by atoms with E-state index >= 15 is 0 Å². The van der Waals surface area contributed by atoms with Crippen molar-refractivity contribution in [3.63, 3.8) is 0 Å². The van der Waals surface area contributed by atoms with E-state index in [-0.39, 0.29) is 0 Å². The molecule has 0 bridgehead atoms. The number of ether oxygens (including phenoxy) is 1. The van der Waals surface area contributed by atoms with Crippen molar-refractivity contribution in [1.29, 1.82) is 0 Å². The first-order valence-electron chi connectivity index (χ1n) is 6.29. The quantitative estimate of drug-likeness (QED) is 0.380. The molecule has 0 radical (unpaired) electrons. The van der Waals surface area contributed by atoms with Crippen molar-refractivity contribution in [2.75, 3.05) is 6.61 Å². The zero-order chi connectivity index (χ0) is 13.4. The molecular weight excluding hydrogens is 379 g/mol. The van der Waals surface area contributed by atoms with Crippen molar-refractivity contribution in [2.24, 2.45) is 0 Å². The average molecular weight is 399 g/mol. The van der Waals surface area contributed by atoms with E-state index in [2.05, 4.69) is 38.8 Å². The summed E-state index contributed by atoms with van der Waals surface area (Å²) in [5.41, 5.74) is 2.19. The normalized spacial score (nSPS) is 10.7. The topological polar surface area (TPSA) is 9.23 Å². The minimum Gasteiger partial charge on any atom is -0.493 e. The lowest BCUT2D eigenvalue weighted by atomic mass is 10.1. The summed E-state index contributed by atoms with van der Waals surface area (Å²) in [5.74, 6) is 0.947. The van der Waals surface area contributed by atoms with Crippen molar-refractivity contribution in [3.8, 4) is 5.75 Å². The van der Waals surface area contributed by atoms with Gasteiger partial charge in [-0.2, -0.15) is 0 Å². The third kappa shape index (κ3) is 5.10. The molecule has 0 aliphatic rings. The van der Waals surface area contributed by atoms with Gasteiger partial charge in [-0.05, 0) is 24.1 Å². The summed E-state index contributed by atoms with van der Waals surface area (Å²) in [4.78, 5) is 0. The van der Waals surface area contributed by atoms with Crippen LogP contribution >= 0.6 is 43.5 Å². The van der Waals surface area contributed by atoms with Crippen LogP contribution in [0, 0.1) is 0 Å². The Morgan fingerprint density at radius 3 is 2.39 bits per heavy atom. The molecule has 0 unspecified atom stereocenters. The standard InChI is InChI=1S/C14H19Br2ClO/c1-2-3-4-5-6-18-14-8-11(9-15)13(17)7-12(14)10-16/h7-8H,2-6,9-10H2,1H3. The molecule has 0 saturated heterocycles. The van der Waals surface area contributed by atoms with Crippen LogP contribution in [0.25, 0.3) is 0 Å². The summed E-state index contributed by atoms with van der Waals surface area (Å²) in [6, 6.07) is 4.02. The van der Waals surface area contributed by atoms with Crippen molar-refractivity contribution < 1.29 is 4.74 Å². The average Bonchev–Trinajstić information content (AvgIpc) is 2.39. The minimum absolute atomic E-state index is 0.751. The lowest BCUT2D eigenvalue weighted by molar-refractivity contribution is 0.303. The molecule has 18 heavy (non-hydrogen) atoms. The highest BCUT2D eigenvalue weighted by Crippen LogP contribution is 2.30. The van der Waals surface area contributed by atoms with Gasteiger partial charge in [0.1, 0.15) is 5.75 Å². The van der Waals surface area contributed by atoms with Gasteiger partial charge in [-0.3, -0.25) is 0 Å². The van der Waals surface area contributed by atoms with Gasteiger partial charge in [-0.15, -0.1) is 0 Å². The lowest BCUT2D eigenvalue weighted by Crippen LogP contribution is -2.00. The Balaban J connectivity index is 2.62. The first-order valence-corrected chi connectivity index (χ1v) is 8.91. The maximum absolute atomic E-state index is 6.18. The van der Waals surface area contributed by atoms with Gasteiger partial charge in [0.2, 0.25) is 0 Å². The summed E-state index contributed by atoms with van der Waals surface area (Å²) >= 11 is 13.1. The van der Waals surface area contributed by atoms with Crippen LogP contribution in [0.4, 0.5) is 0 Å². The van der Waals surface area contributed by atoms with E-state index in [9.17, 15) is 0 Å². The first kappa shape index (κ1) is 16.3. The van der Waals surface area contributed by atoms with Gasteiger partial charge in [-0.1, -0.05) is 69.6 Å². The number of hydrogen-bond acceptors (Lipinski definition) is 1. The molecule has 0 saturated carbocycles. The van der Waals surface area contributed by atoms with Crippen molar-refractivity contribution in [1.82, 2.24) is 0 Å². The second kappa shape index (κ2) is 9.22. The zero-order valence-corrected chi connectivity index (χ0v) is 14.6. The van der Waals surface area contributed by atoms with Gasteiger partial charge in [0, 0.05) is 21.2 Å². The van der Waals surface area contributed by atoms with Crippen LogP contribution in [0.3, 0.4) is 0 Å². The zero-order valence-electron chi connectivity index (χ0n) is 10.6. The Kier molecular flexibility index (Phi) is 8.36. The van der Waals surface area contributed by atoms with E-state index in [0.29, 0.717) is 0 Å². The molecule has 0 aromatic heterocycles. The van der Waals surface area contributed by atoms with Crippen molar-refractivity contribution >= 4 is 43.5 Å². The minimum atomic E-state index is 0.751. The Bertz CT molecular complexity index is 369. The molecule has 0 atom stereocenters. The molecule has 0 spiro atoms. The highest BCUT2D eigenvalue weighted by atomic mass is 79.9. The molecule has 0 heterocycles. The Morgan fingerprint density at radius 2 is 1.78 bits per heavy atom. The second-order valence-electron chi connectivity index (χ2n) is 4.23. The number of alkyl halides is 2. The highest BCUT2D eigenvalue weighted by Gasteiger charge is 2.08. The predicted molar refractivity (Wildman–Crippen MR) is 86.4 cm³/mol. The van der Waals surface area contributed by atoms with Crippen LogP contribution in [0.5, 0.6) is 5.75 Å². The van der Waals surface area contributed by atoms with Crippen LogP contribution < -0.4 is 4.74 Å². The third-order valence-electron chi connectivity index (χ3n) is 2.77. The fraction of sp³-hybridized carbons (Fsp3) is 0.571. The van der Waals surface area contributed by atoms with E-state index < -0.39 is 0 Å². The largest absolute Gasteiger partial charge is 0.493 e.